The van der Waals surface area contributed by atoms with Crippen molar-refractivity contribution in [1.82, 2.24) is 4.98 Å². The molecule has 1 amide bonds. The van der Waals surface area contributed by atoms with Crippen LogP contribution in [0.25, 0.3) is 11.1 Å². The lowest BCUT2D eigenvalue weighted by Gasteiger charge is -2.07. The summed E-state index contributed by atoms with van der Waals surface area (Å²) < 4.78 is 11.0. The highest BCUT2D eigenvalue weighted by Gasteiger charge is 2.09. The molecule has 0 spiro atoms. The van der Waals surface area contributed by atoms with Gasteiger partial charge in [-0.3, -0.25) is 4.79 Å². The molecular formula is C24H22N2O3. The van der Waals surface area contributed by atoms with E-state index in [2.05, 4.69) is 29.4 Å². The first kappa shape index (κ1) is 18.7. The first-order valence-corrected chi connectivity index (χ1v) is 9.57. The number of methoxy groups -OCH3 is 1. The Morgan fingerprint density at radius 2 is 1.72 bits per heavy atom. The molecule has 0 saturated carbocycles. The molecule has 3 aromatic carbocycles. The lowest BCUT2D eigenvalue weighted by Crippen LogP contribution is -2.11. The van der Waals surface area contributed by atoms with E-state index in [0.29, 0.717) is 17.9 Å². The van der Waals surface area contributed by atoms with Crippen molar-refractivity contribution in [3.8, 4) is 5.75 Å². The number of rotatable bonds is 6. The number of carbonyl (C=O) groups excluding carboxylic acids is 1. The van der Waals surface area contributed by atoms with Gasteiger partial charge in [-0.05, 0) is 66.1 Å². The van der Waals surface area contributed by atoms with Crippen LogP contribution in [0.15, 0.2) is 71.1 Å². The second-order valence-electron chi connectivity index (χ2n) is 6.82. The normalized spacial score (nSPS) is 10.8. The molecule has 29 heavy (non-hydrogen) atoms. The van der Waals surface area contributed by atoms with Crippen LogP contribution in [0.4, 0.5) is 5.69 Å². The number of aromatic nitrogens is 1. The smallest absolute Gasteiger partial charge is 0.255 e. The lowest BCUT2D eigenvalue weighted by molar-refractivity contribution is 0.102. The van der Waals surface area contributed by atoms with Crippen molar-refractivity contribution >= 4 is 22.7 Å². The van der Waals surface area contributed by atoms with Gasteiger partial charge in [0.25, 0.3) is 5.91 Å². The number of hydrogen-bond donors (Lipinski definition) is 1. The molecule has 4 aromatic rings. The van der Waals surface area contributed by atoms with E-state index in [-0.39, 0.29) is 5.91 Å². The molecule has 0 aliphatic carbocycles. The first-order valence-electron chi connectivity index (χ1n) is 9.57. The second-order valence-corrected chi connectivity index (χ2v) is 6.82. The maximum atomic E-state index is 12.4. The van der Waals surface area contributed by atoms with Crippen LogP contribution in [0.2, 0.25) is 0 Å². The maximum Gasteiger partial charge on any atom is 0.255 e. The monoisotopic (exact) mass is 386 g/mol. The quantitative estimate of drug-likeness (QED) is 0.492. The molecule has 0 unspecified atom stereocenters. The average Bonchev–Trinajstić information content (AvgIpc) is 3.16. The zero-order chi connectivity index (χ0) is 20.2. The number of carbonyl (C=O) groups is 1. The van der Waals surface area contributed by atoms with Gasteiger partial charge in [-0.15, -0.1) is 0 Å². The number of benzene rings is 3. The summed E-state index contributed by atoms with van der Waals surface area (Å²) in [4.78, 5) is 17.0. The molecular weight excluding hydrogens is 364 g/mol. The number of nitrogens with one attached hydrogen (secondary N) is 1. The predicted molar refractivity (Wildman–Crippen MR) is 114 cm³/mol. The van der Waals surface area contributed by atoms with Crippen molar-refractivity contribution in [2.75, 3.05) is 12.4 Å². The van der Waals surface area contributed by atoms with Gasteiger partial charge in [0.2, 0.25) is 0 Å². The fraction of sp³-hybridized carbons (Fsp3) is 0.167. The van der Waals surface area contributed by atoms with Crippen molar-refractivity contribution in [1.29, 1.82) is 0 Å². The van der Waals surface area contributed by atoms with Crippen LogP contribution in [0, 0.1) is 0 Å². The molecule has 0 fully saturated rings. The molecule has 4 rings (SSSR count). The van der Waals surface area contributed by atoms with Crippen LogP contribution in [0.5, 0.6) is 5.75 Å². The molecule has 1 aromatic heterocycles. The number of ether oxygens (including phenoxy) is 1. The van der Waals surface area contributed by atoms with Gasteiger partial charge >= 0.3 is 0 Å². The SMILES string of the molecule is CCc1ccc2oc(Cc3ccc(NC(=O)c4ccc(OC)cc4)cc3)nc2c1. The Kier molecular flexibility index (Phi) is 5.29. The molecule has 1 heterocycles. The van der Waals surface area contributed by atoms with Gasteiger partial charge < -0.3 is 14.5 Å². The molecule has 0 aliphatic rings. The number of anilines is 1. The molecule has 146 valence electrons. The van der Waals surface area contributed by atoms with Crippen molar-refractivity contribution in [2.45, 2.75) is 19.8 Å². The summed E-state index contributed by atoms with van der Waals surface area (Å²) in [5, 5.41) is 2.90. The third-order valence-corrected chi connectivity index (χ3v) is 4.82. The van der Waals surface area contributed by atoms with E-state index >= 15 is 0 Å². The molecule has 0 aliphatic heterocycles. The summed E-state index contributed by atoms with van der Waals surface area (Å²) in [6.07, 6.45) is 1.57. The van der Waals surface area contributed by atoms with E-state index < -0.39 is 0 Å². The standard InChI is InChI=1S/C24H22N2O3/c1-3-16-6-13-22-21(14-16)26-23(29-22)15-17-4-9-19(10-5-17)25-24(27)18-7-11-20(28-2)12-8-18/h4-14H,3,15H2,1-2H3,(H,25,27). The number of amides is 1. The van der Waals surface area contributed by atoms with Gasteiger partial charge in [0, 0.05) is 17.7 Å². The third kappa shape index (κ3) is 4.29. The summed E-state index contributed by atoms with van der Waals surface area (Å²) in [5.74, 6) is 1.24. The number of hydrogen-bond acceptors (Lipinski definition) is 4. The van der Waals surface area contributed by atoms with E-state index in [0.717, 1.165) is 34.5 Å². The van der Waals surface area contributed by atoms with Crippen LogP contribution >= 0.6 is 0 Å². The van der Waals surface area contributed by atoms with Gasteiger partial charge in [0.15, 0.2) is 11.5 Å². The predicted octanol–water partition coefficient (Wildman–Crippen LogP) is 5.24. The summed E-state index contributed by atoms with van der Waals surface area (Å²) in [6.45, 7) is 2.12. The van der Waals surface area contributed by atoms with Gasteiger partial charge in [-0.1, -0.05) is 25.1 Å². The Labute approximate surface area is 169 Å². The van der Waals surface area contributed by atoms with E-state index in [1.54, 1.807) is 31.4 Å². The Morgan fingerprint density at radius 3 is 2.41 bits per heavy atom. The summed E-state index contributed by atoms with van der Waals surface area (Å²) in [6, 6.07) is 20.8. The lowest BCUT2D eigenvalue weighted by atomic mass is 10.1. The minimum Gasteiger partial charge on any atom is -0.497 e. The number of nitrogens with zero attached hydrogens (tertiary/aromatic N) is 1. The summed E-state index contributed by atoms with van der Waals surface area (Å²) >= 11 is 0. The molecule has 5 nitrogen and oxygen atoms in total. The Morgan fingerprint density at radius 1 is 1.00 bits per heavy atom. The highest BCUT2D eigenvalue weighted by Crippen LogP contribution is 2.21. The Hall–Kier alpha value is -3.60. The van der Waals surface area contributed by atoms with Crippen LogP contribution in [0.3, 0.4) is 0 Å². The fourth-order valence-electron chi connectivity index (χ4n) is 3.14. The van der Waals surface area contributed by atoms with Crippen molar-refractivity contribution in [3.63, 3.8) is 0 Å². The molecule has 0 bridgehead atoms. The van der Waals surface area contributed by atoms with Crippen molar-refractivity contribution in [2.24, 2.45) is 0 Å². The van der Waals surface area contributed by atoms with Gasteiger partial charge in [0.05, 0.1) is 7.11 Å². The highest BCUT2D eigenvalue weighted by atomic mass is 16.5. The Bertz CT molecular complexity index is 1130. The second kappa shape index (κ2) is 8.19. The molecule has 0 saturated heterocycles. The van der Waals surface area contributed by atoms with Crippen molar-refractivity contribution < 1.29 is 13.9 Å². The number of aryl methyl sites for hydroxylation is 1. The number of fused-ring (bicyclic) bond motifs is 1. The van der Waals surface area contributed by atoms with Crippen molar-refractivity contribution in [3.05, 3.63) is 89.3 Å². The summed E-state index contributed by atoms with van der Waals surface area (Å²) in [7, 11) is 1.60. The van der Waals surface area contributed by atoms with Crippen LogP contribution < -0.4 is 10.1 Å². The van der Waals surface area contributed by atoms with Crippen LogP contribution in [-0.4, -0.2) is 18.0 Å². The van der Waals surface area contributed by atoms with Gasteiger partial charge in [0.1, 0.15) is 11.3 Å². The largest absolute Gasteiger partial charge is 0.497 e. The molecule has 5 heteroatoms. The van der Waals surface area contributed by atoms with Gasteiger partial charge in [-0.25, -0.2) is 4.98 Å². The van der Waals surface area contributed by atoms with E-state index in [1.807, 2.05) is 30.3 Å². The first-order chi connectivity index (χ1) is 14.1. The summed E-state index contributed by atoms with van der Waals surface area (Å²) in [5.41, 5.74) is 5.32. The molecule has 0 atom stereocenters. The van der Waals surface area contributed by atoms with Crippen LogP contribution in [0.1, 0.15) is 34.3 Å². The maximum absolute atomic E-state index is 12.4. The van der Waals surface area contributed by atoms with E-state index in [9.17, 15) is 4.79 Å². The van der Waals surface area contributed by atoms with Gasteiger partial charge in [-0.2, -0.15) is 0 Å². The highest BCUT2D eigenvalue weighted by molar-refractivity contribution is 6.04. The Balaban J connectivity index is 1.42. The molecule has 0 radical (unpaired) electrons. The third-order valence-electron chi connectivity index (χ3n) is 4.82. The van der Waals surface area contributed by atoms with E-state index in [4.69, 9.17) is 9.15 Å². The zero-order valence-electron chi connectivity index (χ0n) is 16.4. The molecule has 1 N–H and O–H groups in total. The average molecular weight is 386 g/mol. The topological polar surface area (TPSA) is 64.4 Å². The number of oxazole rings is 1. The zero-order valence-corrected chi connectivity index (χ0v) is 16.4. The minimum atomic E-state index is -0.161. The van der Waals surface area contributed by atoms with Crippen LogP contribution in [-0.2, 0) is 12.8 Å². The fourth-order valence-corrected chi connectivity index (χ4v) is 3.14. The van der Waals surface area contributed by atoms with E-state index in [1.165, 1.54) is 5.56 Å². The minimum absolute atomic E-state index is 0.161.